The summed E-state index contributed by atoms with van der Waals surface area (Å²) < 4.78 is 10.0. The average molecular weight is 303 g/mol. The molecule has 0 radical (unpaired) electrons. The normalized spacial score (nSPS) is 12.8. The molecule has 0 spiro atoms. The van der Waals surface area contributed by atoms with Crippen molar-refractivity contribution < 1.29 is 23.9 Å². The summed E-state index contributed by atoms with van der Waals surface area (Å²) >= 11 is 5.35. The summed E-state index contributed by atoms with van der Waals surface area (Å²) in [6.07, 6.45) is 0. The molecule has 1 aliphatic rings. The Morgan fingerprint density at radius 1 is 0.905 bits per heavy atom. The molecule has 21 heavy (non-hydrogen) atoms. The molecule has 1 aliphatic heterocycles. The van der Waals surface area contributed by atoms with Gasteiger partial charge in [-0.05, 0) is 54.1 Å². The third-order valence-electron chi connectivity index (χ3n) is 2.93. The molecule has 0 bridgehead atoms. The van der Waals surface area contributed by atoms with E-state index in [4.69, 9.17) is 16.3 Å². The van der Waals surface area contributed by atoms with Gasteiger partial charge in [0.2, 0.25) is 0 Å². The Hall–Kier alpha value is -2.66. The van der Waals surface area contributed by atoms with Gasteiger partial charge >= 0.3 is 11.9 Å². The number of esters is 2. The molecule has 0 unspecified atom stereocenters. The second-order valence-electron chi connectivity index (χ2n) is 4.28. The predicted octanol–water partition coefficient (Wildman–Crippen LogP) is 3.17. The van der Waals surface area contributed by atoms with Crippen LogP contribution in [0.4, 0.5) is 0 Å². The summed E-state index contributed by atoms with van der Waals surface area (Å²) in [5, 5.41) is -0.555. The molecule has 3 rings (SSSR count). The molecule has 5 nitrogen and oxygen atoms in total. The smallest absolute Gasteiger partial charge is 0.347 e. The van der Waals surface area contributed by atoms with Crippen molar-refractivity contribution in [2.45, 2.75) is 0 Å². The SMILES string of the molecule is O=C(Cl)c1ccc(Oc2ccc3c(c2)C(=O)OC3=O)cc1. The Balaban J connectivity index is 1.86. The lowest BCUT2D eigenvalue weighted by Crippen LogP contribution is -1.96. The second-order valence-corrected chi connectivity index (χ2v) is 4.63. The molecule has 0 aromatic heterocycles. The van der Waals surface area contributed by atoms with E-state index < -0.39 is 17.2 Å². The van der Waals surface area contributed by atoms with Crippen molar-refractivity contribution in [3.05, 3.63) is 59.2 Å². The standard InChI is InChI=1S/C15H7ClO5/c16-13(17)8-1-3-9(4-2-8)20-10-5-6-11-12(7-10)15(19)21-14(11)18/h1-7H. The van der Waals surface area contributed by atoms with Gasteiger partial charge in [-0.1, -0.05) is 0 Å². The predicted molar refractivity (Wildman–Crippen MR) is 72.9 cm³/mol. The zero-order chi connectivity index (χ0) is 15.0. The summed E-state index contributed by atoms with van der Waals surface area (Å²) in [6, 6.07) is 10.7. The zero-order valence-electron chi connectivity index (χ0n) is 10.5. The van der Waals surface area contributed by atoms with E-state index in [0.29, 0.717) is 17.1 Å². The Morgan fingerprint density at radius 3 is 2.19 bits per heavy atom. The Morgan fingerprint density at radius 2 is 1.52 bits per heavy atom. The van der Waals surface area contributed by atoms with Crippen LogP contribution in [0.1, 0.15) is 31.1 Å². The highest BCUT2D eigenvalue weighted by molar-refractivity contribution is 6.67. The highest BCUT2D eigenvalue weighted by atomic mass is 35.5. The third kappa shape index (κ3) is 2.51. The van der Waals surface area contributed by atoms with Gasteiger partial charge in [-0.25, -0.2) is 9.59 Å². The largest absolute Gasteiger partial charge is 0.457 e. The van der Waals surface area contributed by atoms with Crippen LogP contribution < -0.4 is 4.74 Å². The van der Waals surface area contributed by atoms with Crippen molar-refractivity contribution in [1.29, 1.82) is 0 Å². The highest BCUT2D eigenvalue weighted by Gasteiger charge is 2.29. The molecule has 0 aliphatic carbocycles. The number of cyclic esters (lactones) is 2. The number of rotatable bonds is 3. The molecule has 1 heterocycles. The lowest BCUT2D eigenvalue weighted by molar-refractivity contribution is 0.0443. The van der Waals surface area contributed by atoms with E-state index in [2.05, 4.69) is 4.74 Å². The van der Waals surface area contributed by atoms with Gasteiger partial charge in [0.25, 0.3) is 5.24 Å². The van der Waals surface area contributed by atoms with Crippen LogP contribution >= 0.6 is 11.6 Å². The summed E-state index contributed by atoms with van der Waals surface area (Å²) in [5.74, 6) is -0.505. The molecule has 2 aromatic rings. The van der Waals surface area contributed by atoms with Crippen LogP contribution in [0.5, 0.6) is 11.5 Å². The minimum atomic E-state index is -0.691. The molecule has 104 valence electrons. The van der Waals surface area contributed by atoms with Crippen molar-refractivity contribution in [1.82, 2.24) is 0 Å². The monoisotopic (exact) mass is 302 g/mol. The maximum absolute atomic E-state index is 11.4. The zero-order valence-corrected chi connectivity index (χ0v) is 11.2. The highest BCUT2D eigenvalue weighted by Crippen LogP contribution is 2.28. The Kier molecular flexibility index (Phi) is 3.19. The fraction of sp³-hybridized carbons (Fsp3) is 0. The van der Waals surface area contributed by atoms with Crippen LogP contribution in [-0.4, -0.2) is 17.2 Å². The Labute approximate surface area is 124 Å². The van der Waals surface area contributed by atoms with E-state index in [1.54, 1.807) is 18.2 Å². The first-order valence-electron chi connectivity index (χ1n) is 5.93. The maximum atomic E-state index is 11.4. The first kappa shape index (κ1) is 13.3. The maximum Gasteiger partial charge on any atom is 0.347 e. The first-order valence-corrected chi connectivity index (χ1v) is 6.31. The molecular weight excluding hydrogens is 296 g/mol. The molecule has 0 fully saturated rings. The van der Waals surface area contributed by atoms with Gasteiger partial charge in [-0.2, -0.15) is 0 Å². The van der Waals surface area contributed by atoms with Crippen LogP contribution in [0, 0.1) is 0 Å². The molecule has 0 N–H and O–H groups in total. The number of carbonyl (C=O) groups is 3. The van der Waals surface area contributed by atoms with Gasteiger partial charge < -0.3 is 9.47 Å². The van der Waals surface area contributed by atoms with Crippen molar-refractivity contribution in [3.63, 3.8) is 0 Å². The summed E-state index contributed by atoms with van der Waals surface area (Å²) in [6.45, 7) is 0. The van der Waals surface area contributed by atoms with Crippen LogP contribution in [0.2, 0.25) is 0 Å². The molecule has 0 saturated carbocycles. The van der Waals surface area contributed by atoms with E-state index in [-0.39, 0.29) is 11.1 Å². The van der Waals surface area contributed by atoms with Gasteiger partial charge in [0.15, 0.2) is 0 Å². The molecule has 0 atom stereocenters. The number of hydrogen-bond donors (Lipinski definition) is 0. The summed E-state index contributed by atoms with van der Waals surface area (Å²) in [4.78, 5) is 33.7. The van der Waals surface area contributed by atoms with Crippen molar-refractivity contribution >= 4 is 28.8 Å². The van der Waals surface area contributed by atoms with Crippen molar-refractivity contribution in [3.8, 4) is 11.5 Å². The molecular formula is C15H7ClO5. The van der Waals surface area contributed by atoms with E-state index in [1.165, 1.54) is 24.3 Å². The quantitative estimate of drug-likeness (QED) is 0.495. The Bertz CT molecular complexity index is 764. The fourth-order valence-electron chi connectivity index (χ4n) is 1.92. The van der Waals surface area contributed by atoms with E-state index in [1.807, 2.05) is 0 Å². The molecule has 0 saturated heterocycles. The number of carbonyl (C=O) groups excluding carboxylic acids is 3. The van der Waals surface area contributed by atoms with Crippen LogP contribution in [-0.2, 0) is 4.74 Å². The summed E-state index contributed by atoms with van der Waals surface area (Å²) in [7, 11) is 0. The van der Waals surface area contributed by atoms with Crippen molar-refractivity contribution in [2.75, 3.05) is 0 Å². The minimum absolute atomic E-state index is 0.171. The minimum Gasteiger partial charge on any atom is -0.457 e. The number of hydrogen-bond acceptors (Lipinski definition) is 5. The van der Waals surface area contributed by atoms with Crippen LogP contribution in [0.15, 0.2) is 42.5 Å². The van der Waals surface area contributed by atoms with Crippen LogP contribution in [0.3, 0.4) is 0 Å². The summed E-state index contributed by atoms with van der Waals surface area (Å²) in [5.41, 5.74) is 0.743. The lowest BCUT2D eigenvalue weighted by atomic mass is 10.1. The topological polar surface area (TPSA) is 69.7 Å². The van der Waals surface area contributed by atoms with E-state index in [0.717, 1.165) is 0 Å². The number of halogens is 1. The van der Waals surface area contributed by atoms with E-state index in [9.17, 15) is 14.4 Å². The molecule has 6 heteroatoms. The van der Waals surface area contributed by atoms with E-state index >= 15 is 0 Å². The van der Waals surface area contributed by atoms with Gasteiger partial charge in [0.1, 0.15) is 11.5 Å². The van der Waals surface area contributed by atoms with Gasteiger partial charge in [-0.3, -0.25) is 4.79 Å². The third-order valence-corrected chi connectivity index (χ3v) is 3.15. The first-order chi connectivity index (χ1) is 10.0. The number of benzene rings is 2. The molecule has 0 amide bonds. The fourth-order valence-corrected chi connectivity index (χ4v) is 2.04. The van der Waals surface area contributed by atoms with Gasteiger partial charge in [-0.15, -0.1) is 0 Å². The van der Waals surface area contributed by atoms with Crippen LogP contribution in [0.25, 0.3) is 0 Å². The van der Waals surface area contributed by atoms with Gasteiger partial charge in [0.05, 0.1) is 11.1 Å². The van der Waals surface area contributed by atoms with Gasteiger partial charge in [0, 0.05) is 5.56 Å². The lowest BCUT2D eigenvalue weighted by Gasteiger charge is -2.06. The molecule has 2 aromatic carbocycles. The van der Waals surface area contributed by atoms with Crippen molar-refractivity contribution in [2.24, 2.45) is 0 Å². The second kappa shape index (κ2) is 5.03. The number of ether oxygens (including phenoxy) is 2. The number of fused-ring (bicyclic) bond motifs is 1. The average Bonchev–Trinajstić information content (AvgIpc) is 2.74.